The number of anilines is 1. The molecule has 0 saturated carbocycles. The van der Waals surface area contributed by atoms with Crippen LogP contribution in [-0.2, 0) is 4.74 Å². The largest absolute Gasteiger partial charge is 0.398 e. The number of halogens is 1. The zero-order valence-electron chi connectivity index (χ0n) is 11.0. The third-order valence-electron chi connectivity index (χ3n) is 3.63. The number of carbonyl (C=O) groups is 1. The van der Waals surface area contributed by atoms with Gasteiger partial charge in [-0.15, -0.1) is 0 Å². The van der Waals surface area contributed by atoms with E-state index in [1.807, 2.05) is 0 Å². The van der Waals surface area contributed by atoms with Gasteiger partial charge in [-0.05, 0) is 52.4 Å². The van der Waals surface area contributed by atoms with Gasteiger partial charge in [0.05, 0.1) is 0 Å². The van der Waals surface area contributed by atoms with Gasteiger partial charge in [-0.3, -0.25) is 4.79 Å². The normalized spacial score (nSPS) is 18.0. The molecule has 5 heteroatoms. The maximum Gasteiger partial charge on any atom is 0.251 e. The van der Waals surface area contributed by atoms with Gasteiger partial charge < -0.3 is 15.8 Å². The van der Waals surface area contributed by atoms with Crippen LogP contribution >= 0.6 is 15.9 Å². The molecule has 0 radical (unpaired) electrons. The Morgan fingerprint density at radius 1 is 1.47 bits per heavy atom. The molecule has 0 unspecified atom stereocenters. The van der Waals surface area contributed by atoms with Gasteiger partial charge in [0.25, 0.3) is 5.91 Å². The summed E-state index contributed by atoms with van der Waals surface area (Å²) in [6.07, 6.45) is 1.96. The van der Waals surface area contributed by atoms with Gasteiger partial charge in [-0.25, -0.2) is 0 Å². The van der Waals surface area contributed by atoms with Gasteiger partial charge in [0.2, 0.25) is 0 Å². The van der Waals surface area contributed by atoms with E-state index in [-0.39, 0.29) is 11.3 Å². The summed E-state index contributed by atoms with van der Waals surface area (Å²) in [6.45, 7) is 4.41. The molecule has 1 aliphatic heterocycles. The Morgan fingerprint density at radius 3 is 2.79 bits per heavy atom. The van der Waals surface area contributed by atoms with Crippen LogP contribution in [0.5, 0.6) is 0 Å². The van der Waals surface area contributed by atoms with Crippen molar-refractivity contribution in [2.24, 2.45) is 5.41 Å². The molecule has 4 nitrogen and oxygen atoms in total. The Kier molecular flexibility index (Phi) is 4.47. The molecule has 0 aliphatic carbocycles. The van der Waals surface area contributed by atoms with E-state index in [0.29, 0.717) is 17.8 Å². The molecule has 0 spiro atoms. The summed E-state index contributed by atoms with van der Waals surface area (Å²) in [7, 11) is 0. The maximum atomic E-state index is 12.1. The Bertz CT molecular complexity index is 471. The number of hydrogen-bond donors (Lipinski definition) is 2. The first-order chi connectivity index (χ1) is 9.00. The molecule has 1 aromatic carbocycles. The third kappa shape index (κ3) is 3.70. The van der Waals surface area contributed by atoms with Crippen molar-refractivity contribution in [3.8, 4) is 0 Å². The molecule has 1 heterocycles. The van der Waals surface area contributed by atoms with Crippen molar-refractivity contribution < 1.29 is 9.53 Å². The lowest BCUT2D eigenvalue weighted by atomic mass is 9.82. The van der Waals surface area contributed by atoms with Gasteiger partial charge in [0.15, 0.2) is 0 Å². The summed E-state index contributed by atoms with van der Waals surface area (Å²) in [5.74, 6) is -0.0769. The van der Waals surface area contributed by atoms with Gasteiger partial charge in [0.1, 0.15) is 0 Å². The highest BCUT2D eigenvalue weighted by atomic mass is 79.9. The number of hydrogen-bond acceptors (Lipinski definition) is 3. The van der Waals surface area contributed by atoms with E-state index in [2.05, 4.69) is 28.2 Å². The van der Waals surface area contributed by atoms with E-state index >= 15 is 0 Å². The van der Waals surface area contributed by atoms with E-state index < -0.39 is 0 Å². The highest BCUT2D eigenvalue weighted by molar-refractivity contribution is 9.10. The molecule has 1 aromatic rings. The summed E-state index contributed by atoms with van der Waals surface area (Å²) >= 11 is 3.32. The summed E-state index contributed by atoms with van der Waals surface area (Å²) in [5, 5.41) is 2.99. The first kappa shape index (κ1) is 14.3. The molecule has 1 saturated heterocycles. The lowest BCUT2D eigenvalue weighted by molar-refractivity contribution is 0.0238. The minimum absolute atomic E-state index is 0.0769. The Morgan fingerprint density at radius 2 is 2.16 bits per heavy atom. The standard InChI is InChI=1S/C14H19BrN2O2/c1-14(4-6-19-7-5-14)9-17-13(18)10-2-3-11(15)12(16)8-10/h2-3,8H,4-7,9,16H2,1H3,(H,17,18). The van der Waals surface area contributed by atoms with E-state index in [9.17, 15) is 4.79 Å². The molecular weight excluding hydrogens is 308 g/mol. The van der Waals surface area contributed by atoms with Crippen molar-refractivity contribution in [2.45, 2.75) is 19.8 Å². The van der Waals surface area contributed by atoms with Crippen molar-refractivity contribution in [1.29, 1.82) is 0 Å². The molecule has 2 rings (SSSR count). The first-order valence-electron chi connectivity index (χ1n) is 6.41. The number of nitrogens with two attached hydrogens (primary N) is 1. The number of rotatable bonds is 3. The second-order valence-electron chi connectivity index (χ2n) is 5.34. The zero-order chi connectivity index (χ0) is 13.9. The van der Waals surface area contributed by atoms with Crippen LogP contribution in [0.4, 0.5) is 5.69 Å². The molecule has 104 valence electrons. The SMILES string of the molecule is CC1(CNC(=O)c2ccc(Br)c(N)c2)CCOCC1. The Labute approximate surface area is 121 Å². The summed E-state index contributed by atoms with van der Waals surface area (Å²) in [6, 6.07) is 5.24. The predicted octanol–water partition coefficient (Wildman–Crippen LogP) is 2.58. The van der Waals surface area contributed by atoms with Crippen molar-refractivity contribution >= 4 is 27.5 Å². The van der Waals surface area contributed by atoms with Gasteiger partial charge in [-0.1, -0.05) is 6.92 Å². The van der Waals surface area contributed by atoms with E-state index in [1.165, 1.54) is 0 Å². The van der Waals surface area contributed by atoms with Crippen molar-refractivity contribution in [2.75, 3.05) is 25.5 Å². The number of nitrogens with one attached hydrogen (secondary N) is 1. The van der Waals surface area contributed by atoms with Crippen LogP contribution in [0, 0.1) is 5.41 Å². The molecular formula is C14H19BrN2O2. The fourth-order valence-corrected chi connectivity index (χ4v) is 2.37. The van der Waals surface area contributed by atoms with Crippen molar-refractivity contribution in [3.63, 3.8) is 0 Å². The number of benzene rings is 1. The molecule has 1 fully saturated rings. The molecule has 19 heavy (non-hydrogen) atoms. The molecule has 3 N–H and O–H groups in total. The fraction of sp³-hybridized carbons (Fsp3) is 0.500. The van der Waals surface area contributed by atoms with Gasteiger partial charge in [0, 0.05) is 35.5 Å². The highest BCUT2D eigenvalue weighted by Crippen LogP contribution is 2.28. The number of amides is 1. The summed E-state index contributed by atoms with van der Waals surface area (Å²) < 4.78 is 6.16. The first-order valence-corrected chi connectivity index (χ1v) is 7.20. The smallest absolute Gasteiger partial charge is 0.251 e. The van der Waals surface area contributed by atoms with Crippen LogP contribution in [0.3, 0.4) is 0 Å². The quantitative estimate of drug-likeness (QED) is 0.839. The van der Waals surface area contributed by atoms with E-state index in [0.717, 1.165) is 30.5 Å². The van der Waals surface area contributed by atoms with Crippen LogP contribution in [0.15, 0.2) is 22.7 Å². The molecule has 1 aliphatic rings. The lowest BCUT2D eigenvalue weighted by Gasteiger charge is -2.33. The zero-order valence-corrected chi connectivity index (χ0v) is 12.6. The third-order valence-corrected chi connectivity index (χ3v) is 4.36. The average Bonchev–Trinajstić information content (AvgIpc) is 2.40. The number of nitrogen functional groups attached to an aromatic ring is 1. The van der Waals surface area contributed by atoms with Crippen LogP contribution in [-0.4, -0.2) is 25.7 Å². The lowest BCUT2D eigenvalue weighted by Crippen LogP contribution is -2.39. The molecule has 0 aromatic heterocycles. The van der Waals surface area contributed by atoms with Crippen LogP contribution in [0.1, 0.15) is 30.1 Å². The van der Waals surface area contributed by atoms with Crippen molar-refractivity contribution in [3.05, 3.63) is 28.2 Å². The van der Waals surface area contributed by atoms with Gasteiger partial charge >= 0.3 is 0 Å². The van der Waals surface area contributed by atoms with Crippen LogP contribution in [0.2, 0.25) is 0 Å². The van der Waals surface area contributed by atoms with Crippen LogP contribution < -0.4 is 11.1 Å². The minimum atomic E-state index is -0.0769. The second kappa shape index (κ2) is 5.92. The highest BCUT2D eigenvalue weighted by Gasteiger charge is 2.27. The monoisotopic (exact) mass is 326 g/mol. The molecule has 0 atom stereocenters. The molecule has 1 amide bonds. The minimum Gasteiger partial charge on any atom is -0.398 e. The van der Waals surface area contributed by atoms with Crippen LogP contribution in [0.25, 0.3) is 0 Å². The molecule has 0 bridgehead atoms. The Balaban J connectivity index is 1.95. The van der Waals surface area contributed by atoms with Crippen molar-refractivity contribution in [1.82, 2.24) is 5.32 Å². The Hall–Kier alpha value is -1.07. The fourth-order valence-electron chi connectivity index (χ4n) is 2.12. The van der Waals surface area contributed by atoms with Gasteiger partial charge in [-0.2, -0.15) is 0 Å². The summed E-state index contributed by atoms with van der Waals surface area (Å²) in [5.41, 5.74) is 7.08. The number of ether oxygens (including phenoxy) is 1. The van der Waals surface area contributed by atoms with E-state index in [1.54, 1.807) is 18.2 Å². The second-order valence-corrected chi connectivity index (χ2v) is 6.20. The average molecular weight is 327 g/mol. The predicted molar refractivity (Wildman–Crippen MR) is 79.0 cm³/mol. The topological polar surface area (TPSA) is 64.4 Å². The van der Waals surface area contributed by atoms with E-state index in [4.69, 9.17) is 10.5 Å². The summed E-state index contributed by atoms with van der Waals surface area (Å²) in [4.78, 5) is 12.1. The number of carbonyl (C=O) groups excluding carboxylic acids is 1. The maximum absolute atomic E-state index is 12.1.